The highest BCUT2D eigenvalue weighted by Crippen LogP contribution is 2.12. The summed E-state index contributed by atoms with van der Waals surface area (Å²) in [4.78, 5) is 10.9. The van der Waals surface area contributed by atoms with E-state index in [9.17, 15) is 4.79 Å². The fourth-order valence-corrected chi connectivity index (χ4v) is 1.41. The summed E-state index contributed by atoms with van der Waals surface area (Å²) in [5, 5.41) is 3.37. The lowest BCUT2D eigenvalue weighted by Gasteiger charge is -2.08. The molecule has 0 saturated carbocycles. The molecule has 0 spiro atoms. The van der Waals surface area contributed by atoms with Crippen LogP contribution in [0.5, 0.6) is 5.75 Å². The van der Waals surface area contributed by atoms with Crippen molar-refractivity contribution in [3.63, 3.8) is 0 Å². The maximum absolute atomic E-state index is 10.9. The van der Waals surface area contributed by atoms with Crippen LogP contribution in [-0.2, 0) is 16.1 Å². The summed E-state index contributed by atoms with van der Waals surface area (Å²) in [6, 6.07) is 7.69. The van der Waals surface area contributed by atoms with E-state index in [1.807, 2.05) is 24.3 Å². The molecule has 18 heavy (non-hydrogen) atoms. The van der Waals surface area contributed by atoms with Crippen molar-refractivity contribution in [2.75, 3.05) is 20.3 Å². The van der Waals surface area contributed by atoms with Gasteiger partial charge in [0.1, 0.15) is 5.75 Å². The van der Waals surface area contributed by atoms with Crippen LogP contribution in [0.1, 0.15) is 19.4 Å². The average molecular weight is 251 g/mol. The Hall–Kier alpha value is -1.55. The van der Waals surface area contributed by atoms with Gasteiger partial charge < -0.3 is 14.8 Å². The zero-order valence-electron chi connectivity index (χ0n) is 11.2. The molecular weight excluding hydrogens is 230 g/mol. The molecule has 0 aliphatic rings. The van der Waals surface area contributed by atoms with Crippen molar-refractivity contribution in [3.8, 4) is 5.75 Å². The van der Waals surface area contributed by atoms with E-state index >= 15 is 0 Å². The Morgan fingerprint density at radius 2 is 1.94 bits per heavy atom. The lowest BCUT2D eigenvalue weighted by molar-refractivity contribution is -0.142. The normalized spacial score (nSPS) is 10.4. The van der Waals surface area contributed by atoms with Crippen molar-refractivity contribution in [2.24, 2.45) is 5.92 Å². The van der Waals surface area contributed by atoms with Gasteiger partial charge in [-0.2, -0.15) is 0 Å². The summed E-state index contributed by atoms with van der Waals surface area (Å²) in [5.41, 5.74) is 1.20. The van der Waals surface area contributed by atoms with Crippen molar-refractivity contribution in [3.05, 3.63) is 29.8 Å². The SMILES string of the molecule is COC(=O)COc1ccc(CNCC(C)C)cc1. The number of carbonyl (C=O) groups is 1. The monoisotopic (exact) mass is 251 g/mol. The predicted molar refractivity (Wildman–Crippen MR) is 70.5 cm³/mol. The number of ether oxygens (including phenoxy) is 2. The van der Waals surface area contributed by atoms with Crippen LogP contribution in [-0.4, -0.2) is 26.2 Å². The Bertz CT molecular complexity index is 360. The van der Waals surface area contributed by atoms with Gasteiger partial charge in [-0.25, -0.2) is 4.79 Å². The van der Waals surface area contributed by atoms with Crippen molar-refractivity contribution in [1.82, 2.24) is 5.32 Å². The predicted octanol–water partition coefficient (Wildman–Crippen LogP) is 1.98. The topological polar surface area (TPSA) is 47.6 Å². The van der Waals surface area contributed by atoms with Crippen molar-refractivity contribution < 1.29 is 14.3 Å². The largest absolute Gasteiger partial charge is 0.482 e. The second-order valence-electron chi connectivity index (χ2n) is 4.53. The van der Waals surface area contributed by atoms with E-state index in [4.69, 9.17) is 4.74 Å². The van der Waals surface area contributed by atoms with Crippen LogP contribution in [0, 0.1) is 5.92 Å². The quantitative estimate of drug-likeness (QED) is 0.753. The second-order valence-corrected chi connectivity index (χ2v) is 4.53. The van der Waals surface area contributed by atoms with Gasteiger partial charge >= 0.3 is 5.97 Å². The summed E-state index contributed by atoms with van der Waals surface area (Å²) in [6.07, 6.45) is 0. The number of esters is 1. The number of rotatable bonds is 7. The molecule has 4 heteroatoms. The van der Waals surface area contributed by atoms with Crippen LogP contribution in [0.15, 0.2) is 24.3 Å². The first kappa shape index (κ1) is 14.5. The molecule has 0 saturated heterocycles. The molecule has 0 aliphatic heterocycles. The van der Waals surface area contributed by atoms with E-state index in [0.29, 0.717) is 11.7 Å². The fourth-order valence-electron chi connectivity index (χ4n) is 1.41. The van der Waals surface area contributed by atoms with Crippen LogP contribution < -0.4 is 10.1 Å². The van der Waals surface area contributed by atoms with E-state index in [-0.39, 0.29) is 12.6 Å². The standard InChI is InChI=1S/C14H21NO3/c1-11(2)8-15-9-12-4-6-13(7-5-12)18-10-14(16)17-3/h4-7,11,15H,8-10H2,1-3H3. The molecule has 0 bridgehead atoms. The molecule has 1 aromatic carbocycles. The zero-order chi connectivity index (χ0) is 13.4. The third-order valence-corrected chi connectivity index (χ3v) is 2.39. The molecule has 4 nitrogen and oxygen atoms in total. The molecule has 1 aromatic rings. The number of carbonyl (C=O) groups excluding carboxylic acids is 1. The molecule has 0 amide bonds. The molecular formula is C14H21NO3. The Morgan fingerprint density at radius 1 is 1.28 bits per heavy atom. The molecule has 1 rings (SSSR count). The zero-order valence-corrected chi connectivity index (χ0v) is 11.2. The number of hydrogen-bond acceptors (Lipinski definition) is 4. The van der Waals surface area contributed by atoms with Crippen LogP contribution in [0.3, 0.4) is 0 Å². The van der Waals surface area contributed by atoms with E-state index in [0.717, 1.165) is 13.1 Å². The molecule has 0 heterocycles. The highest BCUT2D eigenvalue weighted by molar-refractivity contribution is 5.70. The molecule has 0 radical (unpaired) electrons. The maximum Gasteiger partial charge on any atom is 0.343 e. The molecule has 0 aliphatic carbocycles. The average Bonchev–Trinajstić information content (AvgIpc) is 2.37. The number of methoxy groups -OCH3 is 1. The van der Waals surface area contributed by atoms with Crippen LogP contribution in [0.25, 0.3) is 0 Å². The van der Waals surface area contributed by atoms with Gasteiger partial charge in [0, 0.05) is 6.54 Å². The number of hydrogen-bond donors (Lipinski definition) is 1. The van der Waals surface area contributed by atoms with Crippen LogP contribution in [0.4, 0.5) is 0 Å². The van der Waals surface area contributed by atoms with Crippen molar-refractivity contribution >= 4 is 5.97 Å². The molecule has 0 atom stereocenters. The van der Waals surface area contributed by atoms with Gasteiger partial charge in [0.2, 0.25) is 0 Å². The lowest BCUT2D eigenvalue weighted by atomic mass is 10.2. The van der Waals surface area contributed by atoms with E-state index < -0.39 is 0 Å². The highest BCUT2D eigenvalue weighted by Gasteiger charge is 2.01. The van der Waals surface area contributed by atoms with Gasteiger partial charge in [-0.3, -0.25) is 0 Å². The Kier molecular flexibility index (Phi) is 6.22. The van der Waals surface area contributed by atoms with Gasteiger partial charge in [0.25, 0.3) is 0 Å². The van der Waals surface area contributed by atoms with Crippen molar-refractivity contribution in [2.45, 2.75) is 20.4 Å². The highest BCUT2D eigenvalue weighted by atomic mass is 16.6. The van der Waals surface area contributed by atoms with E-state index in [1.54, 1.807) is 0 Å². The third-order valence-electron chi connectivity index (χ3n) is 2.39. The minimum atomic E-state index is -0.377. The molecule has 1 N–H and O–H groups in total. The van der Waals surface area contributed by atoms with Crippen molar-refractivity contribution in [1.29, 1.82) is 0 Å². The van der Waals surface area contributed by atoms with Gasteiger partial charge in [0.15, 0.2) is 6.61 Å². The summed E-state index contributed by atoms with van der Waals surface area (Å²) in [5.74, 6) is 0.943. The molecule has 0 aromatic heterocycles. The maximum atomic E-state index is 10.9. The minimum absolute atomic E-state index is 0.0541. The van der Waals surface area contributed by atoms with Gasteiger partial charge in [-0.15, -0.1) is 0 Å². The fraction of sp³-hybridized carbons (Fsp3) is 0.500. The first-order valence-corrected chi connectivity index (χ1v) is 6.11. The van der Waals surface area contributed by atoms with E-state index in [1.165, 1.54) is 12.7 Å². The minimum Gasteiger partial charge on any atom is -0.482 e. The molecule has 100 valence electrons. The van der Waals surface area contributed by atoms with Gasteiger partial charge in [-0.1, -0.05) is 26.0 Å². The van der Waals surface area contributed by atoms with Crippen LogP contribution in [0.2, 0.25) is 0 Å². The number of benzene rings is 1. The Balaban J connectivity index is 2.35. The van der Waals surface area contributed by atoms with Crippen LogP contribution >= 0.6 is 0 Å². The molecule has 0 fully saturated rings. The summed E-state index contributed by atoms with van der Waals surface area (Å²) in [7, 11) is 1.34. The summed E-state index contributed by atoms with van der Waals surface area (Å²) < 4.78 is 9.76. The summed E-state index contributed by atoms with van der Waals surface area (Å²) >= 11 is 0. The summed E-state index contributed by atoms with van der Waals surface area (Å²) in [6.45, 7) is 6.14. The second kappa shape index (κ2) is 7.71. The smallest absolute Gasteiger partial charge is 0.343 e. The Labute approximate surface area is 108 Å². The molecule has 0 unspecified atom stereocenters. The van der Waals surface area contributed by atoms with Gasteiger partial charge in [0.05, 0.1) is 7.11 Å². The number of nitrogens with one attached hydrogen (secondary N) is 1. The first-order chi connectivity index (χ1) is 8.61. The van der Waals surface area contributed by atoms with Gasteiger partial charge in [-0.05, 0) is 30.2 Å². The van der Waals surface area contributed by atoms with E-state index in [2.05, 4.69) is 23.9 Å². The third kappa shape index (κ3) is 5.68. The first-order valence-electron chi connectivity index (χ1n) is 6.11. The lowest BCUT2D eigenvalue weighted by Crippen LogP contribution is -2.18. The Morgan fingerprint density at radius 3 is 2.50 bits per heavy atom.